The molecule has 2 rings (SSSR count). The van der Waals surface area contributed by atoms with Crippen molar-refractivity contribution in [3.63, 3.8) is 0 Å². The summed E-state index contributed by atoms with van der Waals surface area (Å²) in [4.78, 5) is 4.33. The van der Waals surface area contributed by atoms with Crippen molar-refractivity contribution in [2.24, 2.45) is 5.73 Å². The van der Waals surface area contributed by atoms with Gasteiger partial charge in [-0.3, -0.25) is 10.4 Å². The van der Waals surface area contributed by atoms with Gasteiger partial charge in [-0.2, -0.15) is 0 Å². The SMILES string of the molecule is Cc1cc(OC(C)c2ccccc2)c(C(=N)N)c(C)n1. The third kappa shape index (κ3) is 2.96. The predicted octanol–water partition coefficient (Wildman–Crippen LogP) is 3.12. The van der Waals surface area contributed by atoms with Crippen LogP contribution in [-0.2, 0) is 0 Å². The minimum atomic E-state index is -0.115. The molecule has 0 aliphatic heterocycles. The van der Waals surface area contributed by atoms with Crippen molar-refractivity contribution in [1.29, 1.82) is 5.41 Å². The molecule has 3 N–H and O–H groups in total. The number of nitrogens with one attached hydrogen (secondary N) is 1. The smallest absolute Gasteiger partial charge is 0.134 e. The first-order chi connectivity index (χ1) is 9.49. The molecule has 0 spiro atoms. The van der Waals surface area contributed by atoms with E-state index in [4.69, 9.17) is 15.9 Å². The van der Waals surface area contributed by atoms with Crippen LogP contribution in [-0.4, -0.2) is 10.8 Å². The first kappa shape index (κ1) is 14.1. The van der Waals surface area contributed by atoms with Crippen molar-refractivity contribution in [2.45, 2.75) is 26.9 Å². The standard InChI is InChI=1S/C16H19N3O/c1-10-9-14(15(16(17)18)11(2)19-10)20-12(3)13-7-5-4-6-8-13/h4-9,12H,1-3H3,(H3,17,18). The van der Waals surface area contributed by atoms with E-state index in [9.17, 15) is 0 Å². The minimum Gasteiger partial charge on any atom is -0.485 e. The topological polar surface area (TPSA) is 72.0 Å². The van der Waals surface area contributed by atoms with Gasteiger partial charge in [-0.05, 0) is 26.3 Å². The Bertz CT molecular complexity index is 623. The monoisotopic (exact) mass is 269 g/mol. The van der Waals surface area contributed by atoms with E-state index in [1.807, 2.05) is 57.2 Å². The first-order valence-corrected chi connectivity index (χ1v) is 6.53. The molecule has 1 heterocycles. The lowest BCUT2D eigenvalue weighted by Gasteiger charge is -2.19. The first-order valence-electron chi connectivity index (χ1n) is 6.53. The Kier molecular flexibility index (Phi) is 4.03. The summed E-state index contributed by atoms with van der Waals surface area (Å²) in [7, 11) is 0. The summed E-state index contributed by atoms with van der Waals surface area (Å²) in [6, 6.07) is 11.8. The molecule has 0 radical (unpaired) electrons. The Hall–Kier alpha value is -2.36. The number of ether oxygens (including phenoxy) is 1. The lowest BCUT2D eigenvalue weighted by atomic mass is 10.1. The zero-order chi connectivity index (χ0) is 14.7. The van der Waals surface area contributed by atoms with E-state index >= 15 is 0 Å². The second-order valence-electron chi connectivity index (χ2n) is 4.81. The van der Waals surface area contributed by atoms with Crippen LogP contribution in [0.5, 0.6) is 5.75 Å². The number of pyridine rings is 1. The van der Waals surface area contributed by atoms with E-state index in [0.29, 0.717) is 17.0 Å². The van der Waals surface area contributed by atoms with Crippen LogP contribution in [0.15, 0.2) is 36.4 Å². The highest BCUT2D eigenvalue weighted by Gasteiger charge is 2.15. The summed E-state index contributed by atoms with van der Waals surface area (Å²) in [6.45, 7) is 5.71. The van der Waals surface area contributed by atoms with Crippen LogP contribution in [0, 0.1) is 19.3 Å². The van der Waals surface area contributed by atoms with Crippen molar-refractivity contribution < 1.29 is 4.74 Å². The second-order valence-corrected chi connectivity index (χ2v) is 4.81. The molecule has 0 aliphatic carbocycles. The van der Waals surface area contributed by atoms with Crippen LogP contribution in [0.3, 0.4) is 0 Å². The number of nitrogen functional groups attached to an aromatic ring is 1. The molecule has 104 valence electrons. The summed E-state index contributed by atoms with van der Waals surface area (Å²) in [5.74, 6) is 0.587. The molecule has 4 nitrogen and oxygen atoms in total. The molecular formula is C16H19N3O. The molecule has 0 saturated carbocycles. The van der Waals surface area contributed by atoms with Gasteiger partial charge in [0, 0.05) is 11.8 Å². The van der Waals surface area contributed by atoms with E-state index in [1.165, 1.54) is 0 Å². The highest BCUT2D eigenvalue weighted by molar-refractivity contribution is 5.98. The number of nitrogens with two attached hydrogens (primary N) is 1. The van der Waals surface area contributed by atoms with Crippen LogP contribution in [0.1, 0.15) is 35.5 Å². The molecule has 1 unspecified atom stereocenters. The van der Waals surface area contributed by atoms with E-state index in [1.54, 1.807) is 0 Å². The van der Waals surface area contributed by atoms with Gasteiger partial charge in [0.25, 0.3) is 0 Å². The van der Waals surface area contributed by atoms with Crippen LogP contribution in [0.25, 0.3) is 0 Å². The van der Waals surface area contributed by atoms with Gasteiger partial charge in [-0.15, -0.1) is 0 Å². The molecule has 0 saturated heterocycles. The number of nitrogens with zero attached hydrogens (tertiary/aromatic N) is 1. The van der Waals surface area contributed by atoms with E-state index in [2.05, 4.69) is 4.98 Å². The highest BCUT2D eigenvalue weighted by atomic mass is 16.5. The van der Waals surface area contributed by atoms with Crippen molar-refractivity contribution in [2.75, 3.05) is 0 Å². The molecule has 4 heteroatoms. The van der Waals surface area contributed by atoms with Crippen molar-refractivity contribution >= 4 is 5.84 Å². The Morgan fingerprint density at radius 3 is 2.50 bits per heavy atom. The average molecular weight is 269 g/mol. The molecule has 0 bridgehead atoms. The Balaban J connectivity index is 2.36. The zero-order valence-electron chi connectivity index (χ0n) is 12.0. The van der Waals surface area contributed by atoms with Crippen LogP contribution in [0.4, 0.5) is 0 Å². The number of benzene rings is 1. The lowest BCUT2D eigenvalue weighted by molar-refractivity contribution is 0.226. The summed E-state index contributed by atoms with van der Waals surface area (Å²) in [5.41, 5.74) is 8.85. The Labute approximate surface area is 119 Å². The largest absolute Gasteiger partial charge is 0.485 e. The van der Waals surface area contributed by atoms with E-state index in [-0.39, 0.29) is 11.9 Å². The van der Waals surface area contributed by atoms with Gasteiger partial charge < -0.3 is 10.5 Å². The van der Waals surface area contributed by atoms with Gasteiger partial charge in [-0.25, -0.2) is 0 Å². The number of rotatable bonds is 4. The molecule has 0 fully saturated rings. The lowest BCUT2D eigenvalue weighted by Crippen LogP contribution is -2.17. The predicted molar refractivity (Wildman–Crippen MR) is 80.2 cm³/mol. The van der Waals surface area contributed by atoms with E-state index in [0.717, 1.165) is 11.3 Å². The third-order valence-electron chi connectivity index (χ3n) is 3.13. The number of hydrogen-bond acceptors (Lipinski definition) is 3. The Morgan fingerprint density at radius 1 is 1.25 bits per heavy atom. The van der Waals surface area contributed by atoms with Gasteiger partial charge in [0.2, 0.25) is 0 Å². The molecule has 0 amide bonds. The number of aryl methyl sites for hydroxylation is 2. The maximum atomic E-state index is 7.69. The molecule has 1 aromatic carbocycles. The second kappa shape index (κ2) is 5.74. The molecule has 1 aromatic heterocycles. The fourth-order valence-electron chi connectivity index (χ4n) is 2.20. The molecule has 1 atom stereocenters. The van der Waals surface area contributed by atoms with Gasteiger partial charge in [-0.1, -0.05) is 30.3 Å². The van der Waals surface area contributed by atoms with Gasteiger partial charge >= 0.3 is 0 Å². The number of aromatic nitrogens is 1. The van der Waals surface area contributed by atoms with Gasteiger partial charge in [0.1, 0.15) is 17.7 Å². The highest BCUT2D eigenvalue weighted by Crippen LogP contribution is 2.27. The maximum Gasteiger partial charge on any atom is 0.134 e. The quantitative estimate of drug-likeness (QED) is 0.661. The normalized spacial score (nSPS) is 11.9. The summed E-state index contributed by atoms with van der Waals surface area (Å²) < 4.78 is 5.99. The zero-order valence-corrected chi connectivity index (χ0v) is 12.0. The van der Waals surface area contributed by atoms with Crippen LogP contribution >= 0.6 is 0 Å². The molecule has 2 aromatic rings. The van der Waals surface area contributed by atoms with E-state index < -0.39 is 0 Å². The third-order valence-corrected chi connectivity index (χ3v) is 3.13. The summed E-state index contributed by atoms with van der Waals surface area (Å²) in [5, 5.41) is 7.69. The van der Waals surface area contributed by atoms with Crippen molar-refractivity contribution in [3.05, 3.63) is 58.9 Å². The summed E-state index contributed by atoms with van der Waals surface area (Å²) >= 11 is 0. The van der Waals surface area contributed by atoms with Gasteiger partial charge in [0.15, 0.2) is 0 Å². The van der Waals surface area contributed by atoms with Crippen LogP contribution < -0.4 is 10.5 Å². The maximum absolute atomic E-state index is 7.69. The number of hydrogen-bond donors (Lipinski definition) is 2. The Morgan fingerprint density at radius 2 is 1.90 bits per heavy atom. The molecule has 20 heavy (non-hydrogen) atoms. The minimum absolute atomic E-state index is 0.0229. The molecule has 0 aliphatic rings. The summed E-state index contributed by atoms with van der Waals surface area (Å²) in [6.07, 6.45) is -0.115. The average Bonchev–Trinajstić information content (AvgIpc) is 2.38. The van der Waals surface area contributed by atoms with Crippen LogP contribution in [0.2, 0.25) is 0 Å². The fourth-order valence-corrected chi connectivity index (χ4v) is 2.20. The fraction of sp³-hybridized carbons (Fsp3) is 0.250. The van der Waals surface area contributed by atoms with Crippen molar-refractivity contribution in [3.8, 4) is 5.75 Å². The van der Waals surface area contributed by atoms with Crippen molar-refractivity contribution in [1.82, 2.24) is 4.98 Å². The number of amidine groups is 1. The van der Waals surface area contributed by atoms with Gasteiger partial charge in [0.05, 0.1) is 11.3 Å². The molecular weight excluding hydrogens is 250 g/mol.